The number of hydrogen-bond donors (Lipinski definition) is 2. The lowest BCUT2D eigenvalue weighted by Crippen LogP contribution is -2.07. The van der Waals surface area contributed by atoms with Crippen molar-refractivity contribution in [1.82, 2.24) is 0 Å². The van der Waals surface area contributed by atoms with Crippen molar-refractivity contribution < 1.29 is 4.74 Å². The summed E-state index contributed by atoms with van der Waals surface area (Å²) in [4.78, 5) is 0. The second-order valence-corrected chi connectivity index (χ2v) is 5.68. The summed E-state index contributed by atoms with van der Waals surface area (Å²) in [6.45, 7) is 4.13. The van der Waals surface area contributed by atoms with E-state index >= 15 is 0 Å². The van der Waals surface area contributed by atoms with Crippen LogP contribution in [0.5, 0.6) is 5.75 Å². The van der Waals surface area contributed by atoms with Gasteiger partial charge in [0.25, 0.3) is 0 Å². The predicted octanol–water partition coefficient (Wildman–Crippen LogP) is 4.52. The van der Waals surface area contributed by atoms with E-state index in [4.69, 9.17) is 10.5 Å². The van der Waals surface area contributed by atoms with E-state index in [9.17, 15) is 0 Å². The molecule has 1 unspecified atom stereocenters. The normalized spacial score (nSPS) is 12.0. The van der Waals surface area contributed by atoms with E-state index in [1.165, 1.54) is 5.56 Å². The van der Waals surface area contributed by atoms with Crippen molar-refractivity contribution in [1.29, 1.82) is 0 Å². The number of nitrogens with two attached hydrogens (primary N) is 1. The monoisotopic (exact) mass is 334 g/mol. The van der Waals surface area contributed by atoms with Crippen LogP contribution in [0.15, 0.2) is 40.9 Å². The average Bonchev–Trinajstić information content (AvgIpc) is 2.44. The molecule has 106 valence electrons. The summed E-state index contributed by atoms with van der Waals surface area (Å²) in [7, 11) is 1.67. The van der Waals surface area contributed by atoms with Crippen LogP contribution in [0.2, 0.25) is 0 Å². The minimum atomic E-state index is 0.195. The first kappa shape index (κ1) is 14.7. The highest BCUT2D eigenvalue weighted by molar-refractivity contribution is 9.10. The number of methoxy groups -OCH3 is 1. The van der Waals surface area contributed by atoms with Crippen molar-refractivity contribution >= 4 is 27.3 Å². The molecule has 0 spiro atoms. The molecule has 0 saturated carbocycles. The number of nitrogens with one attached hydrogen (secondary N) is 1. The van der Waals surface area contributed by atoms with Crippen molar-refractivity contribution in [2.24, 2.45) is 0 Å². The van der Waals surface area contributed by atoms with E-state index in [0.717, 1.165) is 27.2 Å². The Morgan fingerprint density at radius 2 is 1.85 bits per heavy atom. The van der Waals surface area contributed by atoms with Crippen LogP contribution in [-0.2, 0) is 0 Å². The van der Waals surface area contributed by atoms with Crippen molar-refractivity contribution in [2.45, 2.75) is 19.9 Å². The van der Waals surface area contributed by atoms with Crippen LogP contribution in [0.4, 0.5) is 11.4 Å². The van der Waals surface area contributed by atoms with Gasteiger partial charge in [-0.05, 0) is 65.2 Å². The van der Waals surface area contributed by atoms with Crippen LogP contribution in [0.25, 0.3) is 0 Å². The molecule has 0 bridgehead atoms. The Kier molecular flexibility index (Phi) is 4.55. The Hall–Kier alpha value is -1.68. The SMILES string of the molecule is COc1ccc(C(C)Nc2cc(C)c(N)cc2Br)cc1. The largest absolute Gasteiger partial charge is 0.497 e. The van der Waals surface area contributed by atoms with Gasteiger partial charge in [-0.2, -0.15) is 0 Å². The molecule has 3 N–H and O–H groups in total. The maximum absolute atomic E-state index is 5.89. The zero-order chi connectivity index (χ0) is 14.7. The fourth-order valence-corrected chi connectivity index (χ4v) is 2.49. The zero-order valence-corrected chi connectivity index (χ0v) is 13.5. The maximum Gasteiger partial charge on any atom is 0.118 e. The third kappa shape index (κ3) is 3.25. The first-order valence-electron chi connectivity index (χ1n) is 6.47. The number of rotatable bonds is 4. The van der Waals surface area contributed by atoms with Gasteiger partial charge in [0.2, 0.25) is 0 Å². The smallest absolute Gasteiger partial charge is 0.118 e. The van der Waals surface area contributed by atoms with Crippen molar-refractivity contribution in [3.05, 3.63) is 52.0 Å². The predicted molar refractivity (Wildman–Crippen MR) is 88.3 cm³/mol. The lowest BCUT2D eigenvalue weighted by atomic mass is 10.1. The molecule has 0 aliphatic rings. The maximum atomic E-state index is 5.89. The van der Waals surface area contributed by atoms with Crippen LogP contribution in [0.3, 0.4) is 0 Å². The highest BCUT2D eigenvalue weighted by Crippen LogP contribution is 2.31. The van der Waals surface area contributed by atoms with E-state index in [-0.39, 0.29) is 6.04 Å². The number of anilines is 2. The second kappa shape index (κ2) is 6.18. The number of hydrogen-bond acceptors (Lipinski definition) is 3. The van der Waals surface area contributed by atoms with Gasteiger partial charge < -0.3 is 15.8 Å². The van der Waals surface area contributed by atoms with Gasteiger partial charge in [0.15, 0.2) is 0 Å². The van der Waals surface area contributed by atoms with Crippen molar-refractivity contribution in [2.75, 3.05) is 18.2 Å². The average molecular weight is 335 g/mol. The lowest BCUT2D eigenvalue weighted by Gasteiger charge is -2.18. The standard InChI is InChI=1S/C16H19BrN2O/c1-10-8-16(14(17)9-15(10)18)19-11(2)12-4-6-13(20-3)7-5-12/h4-9,11,19H,18H2,1-3H3. The Morgan fingerprint density at radius 3 is 2.45 bits per heavy atom. The van der Waals surface area contributed by atoms with E-state index < -0.39 is 0 Å². The molecule has 0 saturated heterocycles. The van der Waals surface area contributed by atoms with Crippen LogP contribution < -0.4 is 15.8 Å². The van der Waals surface area contributed by atoms with Crippen molar-refractivity contribution in [3.63, 3.8) is 0 Å². The first-order valence-corrected chi connectivity index (χ1v) is 7.26. The molecule has 0 aliphatic carbocycles. The summed E-state index contributed by atoms with van der Waals surface area (Å²) >= 11 is 3.54. The van der Waals surface area contributed by atoms with Gasteiger partial charge in [-0.3, -0.25) is 0 Å². The third-order valence-electron chi connectivity index (χ3n) is 3.34. The fourth-order valence-electron chi connectivity index (χ4n) is 2.02. The third-order valence-corrected chi connectivity index (χ3v) is 4.00. The lowest BCUT2D eigenvalue weighted by molar-refractivity contribution is 0.414. The molecule has 0 aromatic heterocycles. The van der Waals surface area contributed by atoms with Crippen molar-refractivity contribution in [3.8, 4) is 5.75 Å². The van der Waals surface area contributed by atoms with E-state index in [1.807, 2.05) is 25.1 Å². The molecular formula is C16H19BrN2O. The molecule has 4 heteroatoms. The molecule has 2 aromatic carbocycles. The fraction of sp³-hybridized carbons (Fsp3) is 0.250. The van der Waals surface area contributed by atoms with Crippen LogP contribution >= 0.6 is 15.9 Å². The molecule has 3 nitrogen and oxygen atoms in total. The molecule has 2 aromatic rings. The number of aryl methyl sites for hydroxylation is 1. The summed E-state index contributed by atoms with van der Waals surface area (Å²) in [5, 5.41) is 3.49. The van der Waals surface area contributed by atoms with Crippen LogP contribution in [0, 0.1) is 6.92 Å². The van der Waals surface area contributed by atoms with Gasteiger partial charge in [0.1, 0.15) is 5.75 Å². The molecule has 20 heavy (non-hydrogen) atoms. The van der Waals surface area contributed by atoms with Gasteiger partial charge in [0, 0.05) is 21.9 Å². The molecule has 0 radical (unpaired) electrons. The molecule has 1 atom stereocenters. The van der Waals surface area contributed by atoms with Crippen LogP contribution in [0.1, 0.15) is 24.1 Å². The number of benzene rings is 2. The molecule has 0 amide bonds. The molecular weight excluding hydrogens is 316 g/mol. The zero-order valence-electron chi connectivity index (χ0n) is 11.9. The summed E-state index contributed by atoms with van der Waals surface area (Å²) in [6, 6.07) is 12.2. The minimum absolute atomic E-state index is 0.195. The second-order valence-electron chi connectivity index (χ2n) is 4.83. The topological polar surface area (TPSA) is 47.3 Å². The highest BCUT2D eigenvalue weighted by atomic mass is 79.9. The first-order chi connectivity index (χ1) is 9.51. The van der Waals surface area contributed by atoms with E-state index in [2.05, 4.69) is 46.4 Å². The summed E-state index contributed by atoms with van der Waals surface area (Å²) < 4.78 is 6.15. The van der Waals surface area contributed by atoms with E-state index in [0.29, 0.717) is 0 Å². The van der Waals surface area contributed by atoms with Gasteiger partial charge in [-0.1, -0.05) is 12.1 Å². The molecule has 0 heterocycles. The Labute approximate surface area is 128 Å². The Balaban J connectivity index is 2.18. The molecule has 0 aliphatic heterocycles. The van der Waals surface area contributed by atoms with Crippen LogP contribution in [-0.4, -0.2) is 7.11 Å². The Morgan fingerprint density at radius 1 is 1.20 bits per heavy atom. The quantitative estimate of drug-likeness (QED) is 0.808. The number of halogens is 1. The van der Waals surface area contributed by atoms with E-state index in [1.54, 1.807) is 7.11 Å². The van der Waals surface area contributed by atoms with Gasteiger partial charge in [-0.25, -0.2) is 0 Å². The van der Waals surface area contributed by atoms with Gasteiger partial charge in [0.05, 0.1) is 7.11 Å². The highest BCUT2D eigenvalue weighted by Gasteiger charge is 2.09. The Bertz CT molecular complexity index is 596. The number of nitrogen functional groups attached to an aromatic ring is 1. The minimum Gasteiger partial charge on any atom is -0.497 e. The van der Waals surface area contributed by atoms with Gasteiger partial charge >= 0.3 is 0 Å². The molecule has 2 rings (SSSR count). The van der Waals surface area contributed by atoms with Gasteiger partial charge in [-0.15, -0.1) is 0 Å². The summed E-state index contributed by atoms with van der Waals surface area (Å²) in [5.41, 5.74) is 9.99. The molecule has 0 fully saturated rings. The summed E-state index contributed by atoms with van der Waals surface area (Å²) in [5.74, 6) is 0.866. The summed E-state index contributed by atoms with van der Waals surface area (Å²) in [6.07, 6.45) is 0. The number of ether oxygens (including phenoxy) is 1.